The second-order valence-corrected chi connectivity index (χ2v) is 3.94. The van der Waals surface area contributed by atoms with Crippen molar-refractivity contribution < 1.29 is 14.1 Å². The lowest BCUT2D eigenvalue weighted by Gasteiger charge is -2.02. The summed E-state index contributed by atoms with van der Waals surface area (Å²) in [6.07, 6.45) is 0.403. The molecule has 1 rings (SSSR count). The lowest BCUT2D eigenvalue weighted by molar-refractivity contribution is -0.388. The largest absolute Gasteiger partial charge is 0.319 e. The molecule has 0 fully saturated rings. The number of carbonyl (C=O) groups excluding carboxylic acids is 1. The van der Waals surface area contributed by atoms with Gasteiger partial charge in [0.1, 0.15) is 4.47 Å². The van der Waals surface area contributed by atoms with Crippen LogP contribution in [0, 0.1) is 15.9 Å². The summed E-state index contributed by atoms with van der Waals surface area (Å²) in [5, 5.41) is 10.4. The third-order valence-corrected chi connectivity index (χ3v) is 2.94. The van der Waals surface area contributed by atoms with E-state index in [-0.39, 0.29) is 14.5 Å². The minimum absolute atomic E-state index is 0.0121. The van der Waals surface area contributed by atoms with Crippen molar-refractivity contribution in [2.75, 3.05) is 0 Å². The van der Waals surface area contributed by atoms with E-state index in [4.69, 9.17) is 0 Å². The number of hydrogen-bond acceptors (Lipinski definition) is 3. The maximum Gasteiger partial charge on any atom is 0.319 e. The lowest BCUT2D eigenvalue weighted by Crippen LogP contribution is -1.98. The first-order valence-corrected chi connectivity index (χ1v) is 4.84. The van der Waals surface area contributed by atoms with Gasteiger partial charge in [-0.25, -0.2) is 0 Å². The van der Waals surface area contributed by atoms with Gasteiger partial charge in [-0.15, -0.1) is 0 Å². The van der Waals surface area contributed by atoms with Crippen LogP contribution in [0.25, 0.3) is 0 Å². The number of nitro benzene ring substituents is 1. The molecular formula is C7H2Br2FNO3. The zero-order valence-electron chi connectivity index (χ0n) is 6.46. The van der Waals surface area contributed by atoms with Crippen LogP contribution in [0.3, 0.4) is 0 Å². The fourth-order valence-corrected chi connectivity index (χ4v) is 2.27. The Kier molecular flexibility index (Phi) is 3.33. The van der Waals surface area contributed by atoms with Crippen molar-refractivity contribution >= 4 is 43.8 Å². The molecule has 7 heteroatoms. The van der Waals surface area contributed by atoms with Gasteiger partial charge in [0.25, 0.3) is 0 Å². The Balaban J connectivity index is 3.60. The Hall–Kier alpha value is -0.820. The third kappa shape index (κ3) is 1.83. The van der Waals surface area contributed by atoms with E-state index in [1.807, 2.05) is 0 Å². The summed E-state index contributed by atoms with van der Waals surface area (Å²) in [6, 6.07) is 0.882. The predicted octanol–water partition coefficient (Wildman–Crippen LogP) is 3.07. The normalized spacial score (nSPS) is 9.93. The van der Waals surface area contributed by atoms with Gasteiger partial charge in [0, 0.05) is 10.0 Å². The lowest BCUT2D eigenvalue weighted by atomic mass is 10.2. The van der Waals surface area contributed by atoms with Crippen LogP contribution in [0.2, 0.25) is 0 Å². The molecular weight excluding hydrogens is 325 g/mol. The van der Waals surface area contributed by atoms with E-state index < -0.39 is 16.4 Å². The molecule has 0 atom stereocenters. The summed E-state index contributed by atoms with van der Waals surface area (Å²) in [7, 11) is 0. The van der Waals surface area contributed by atoms with E-state index >= 15 is 0 Å². The standard InChI is InChI=1S/C7H2Br2FNO3/c8-4-1-5(10)7(11(13)14)6(9)3(4)2-12/h1-2H. The number of halogens is 3. The SMILES string of the molecule is O=Cc1c(Br)cc(F)c([N+](=O)[O-])c1Br. The van der Waals surface area contributed by atoms with Crippen LogP contribution in [0.15, 0.2) is 15.0 Å². The Morgan fingerprint density at radius 2 is 2.07 bits per heavy atom. The minimum Gasteiger partial charge on any atom is -0.298 e. The van der Waals surface area contributed by atoms with E-state index in [1.165, 1.54) is 0 Å². The molecule has 0 saturated heterocycles. The molecule has 0 aromatic heterocycles. The summed E-state index contributed by atoms with van der Waals surface area (Å²) in [6.45, 7) is 0. The first-order chi connectivity index (χ1) is 6.49. The number of carbonyl (C=O) groups is 1. The maximum absolute atomic E-state index is 13.1. The van der Waals surface area contributed by atoms with Gasteiger partial charge in [0.2, 0.25) is 5.82 Å². The van der Waals surface area contributed by atoms with E-state index in [1.54, 1.807) is 0 Å². The van der Waals surface area contributed by atoms with Crippen molar-refractivity contribution in [3.63, 3.8) is 0 Å². The van der Waals surface area contributed by atoms with Crippen molar-refractivity contribution in [2.24, 2.45) is 0 Å². The van der Waals surface area contributed by atoms with Crippen LogP contribution in [0.1, 0.15) is 10.4 Å². The fraction of sp³-hybridized carbons (Fsp3) is 0. The Bertz CT molecular complexity index is 422. The van der Waals surface area contributed by atoms with Crippen molar-refractivity contribution in [1.82, 2.24) is 0 Å². The number of aldehydes is 1. The quantitative estimate of drug-likeness (QED) is 0.476. The zero-order chi connectivity index (χ0) is 10.9. The molecule has 0 heterocycles. The molecule has 4 nitrogen and oxygen atoms in total. The zero-order valence-corrected chi connectivity index (χ0v) is 9.63. The van der Waals surface area contributed by atoms with Gasteiger partial charge in [-0.3, -0.25) is 14.9 Å². The first kappa shape index (κ1) is 11.3. The van der Waals surface area contributed by atoms with E-state index in [9.17, 15) is 19.3 Å². The Labute approximate surface area is 94.5 Å². The van der Waals surface area contributed by atoms with Crippen LogP contribution in [0.5, 0.6) is 0 Å². The highest BCUT2D eigenvalue weighted by Crippen LogP contribution is 2.34. The number of benzene rings is 1. The highest BCUT2D eigenvalue weighted by atomic mass is 79.9. The van der Waals surface area contributed by atoms with Gasteiger partial charge < -0.3 is 0 Å². The van der Waals surface area contributed by atoms with Crippen LogP contribution < -0.4 is 0 Å². The molecule has 0 unspecified atom stereocenters. The van der Waals surface area contributed by atoms with Gasteiger partial charge in [0.05, 0.1) is 4.92 Å². The van der Waals surface area contributed by atoms with Crippen LogP contribution >= 0.6 is 31.9 Å². The molecule has 14 heavy (non-hydrogen) atoms. The average molecular weight is 327 g/mol. The summed E-state index contributed by atoms with van der Waals surface area (Å²) < 4.78 is 13.1. The Morgan fingerprint density at radius 3 is 2.50 bits per heavy atom. The topological polar surface area (TPSA) is 60.2 Å². The van der Waals surface area contributed by atoms with E-state index in [0.717, 1.165) is 6.07 Å². The molecule has 0 radical (unpaired) electrons. The number of nitrogens with zero attached hydrogens (tertiary/aromatic N) is 1. The Morgan fingerprint density at radius 1 is 1.50 bits per heavy atom. The number of rotatable bonds is 2. The highest BCUT2D eigenvalue weighted by Gasteiger charge is 2.23. The molecule has 0 spiro atoms. The van der Waals surface area contributed by atoms with E-state index in [2.05, 4.69) is 31.9 Å². The summed E-state index contributed by atoms with van der Waals surface area (Å²) in [5.41, 5.74) is -0.728. The molecule has 1 aromatic rings. The van der Waals surface area contributed by atoms with E-state index in [0.29, 0.717) is 6.29 Å². The summed E-state index contributed by atoms with van der Waals surface area (Å²) >= 11 is 5.72. The molecule has 0 aliphatic rings. The molecule has 0 saturated carbocycles. The average Bonchev–Trinajstić information content (AvgIpc) is 2.02. The van der Waals surface area contributed by atoms with Crippen molar-refractivity contribution in [3.05, 3.63) is 36.5 Å². The number of nitro groups is 1. The smallest absolute Gasteiger partial charge is 0.298 e. The van der Waals surface area contributed by atoms with Gasteiger partial charge >= 0.3 is 5.69 Å². The van der Waals surface area contributed by atoms with Crippen LogP contribution in [-0.2, 0) is 0 Å². The van der Waals surface area contributed by atoms with Crippen molar-refractivity contribution in [3.8, 4) is 0 Å². The second-order valence-electron chi connectivity index (χ2n) is 2.29. The summed E-state index contributed by atoms with van der Waals surface area (Å²) in [5.74, 6) is -1.00. The first-order valence-electron chi connectivity index (χ1n) is 3.26. The van der Waals surface area contributed by atoms with Gasteiger partial charge in [-0.1, -0.05) is 0 Å². The monoisotopic (exact) mass is 325 g/mol. The highest BCUT2D eigenvalue weighted by molar-refractivity contribution is 9.11. The predicted molar refractivity (Wildman–Crippen MR) is 53.8 cm³/mol. The second kappa shape index (κ2) is 4.14. The molecule has 0 aliphatic carbocycles. The maximum atomic E-state index is 13.1. The van der Waals surface area contributed by atoms with Gasteiger partial charge in [0.15, 0.2) is 6.29 Å². The minimum atomic E-state index is -1.00. The molecule has 0 amide bonds. The van der Waals surface area contributed by atoms with Gasteiger partial charge in [-0.2, -0.15) is 4.39 Å². The van der Waals surface area contributed by atoms with Crippen molar-refractivity contribution in [1.29, 1.82) is 0 Å². The molecule has 74 valence electrons. The van der Waals surface area contributed by atoms with Crippen LogP contribution in [0.4, 0.5) is 10.1 Å². The van der Waals surface area contributed by atoms with Gasteiger partial charge in [-0.05, 0) is 37.9 Å². The molecule has 0 aliphatic heterocycles. The van der Waals surface area contributed by atoms with Crippen molar-refractivity contribution in [2.45, 2.75) is 0 Å². The van der Waals surface area contributed by atoms with Crippen LogP contribution in [-0.4, -0.2) is 11.2 Å². The third-order valence-electron chi connectivity index (χ3n) is 1.48. The molecule has 0 bridgehead atoms. The number of hydrogen-bond donors (Lipinski definition) is 0. The molecule has 1 aromatic carbocycles. The summed E-state index contributed by atoms with van der Waals surface area (Å²) in [4.78, 5) is 20.1. The fourth-order valence-electron chi connectivity index (χ4n) is 0.870. The molecule has 0 N–H and O–H groups in total.